The van der Waals surface area contributed by atoms with Crippen molar-refractivity contribution in [3.63, 3.8) is 0 Å². The van der Waals surface area contributed by atoms with E-state index >= 15 is 0 Å². The number of alkyl halides is 1. The predicted molar refractivity (Wildman–Crippen MR) is 136 cm³/mol. The summed E-state index contributed by atoms with van der Waals surface area (Å²) in [4.78, 5) is 49.4. The molecule has 3 atom stereocenters. The highest BCUT2D eigenvalue weighted by atomic mass is 32.2. The van der Waals surface area contributed by atoms with Crippen LogP contribution < -0.4 is 16.4 Å². The molecule has 0 aromatic heterocycles. The van der Waals surface area contributed by atoms with Gasteiger partial charge >= 0.3 is 11.9 Å². The summed E-state index contributed by atoms with van der Waals surface area (Å²) in [5.41, 5.74) is 7.34. The number of esters is 1. The number of nitrogens with one attached hydrogen (secondary N) is 2. The van der Waals surface area contributed by atoms with E-state index in [4.69, 9.17) is 10.5 Å². The Bertz CT molecular complexity index is 1030. The monoisotopic (exact) mass is 536 g/mol. The van der Waals surface area contributed by atoms with Gasteiger partial charge in [0.2, 0.25) is 5.91 Å². The van der Waals surface area contributed by atoms with Crippen LogP contribution in [0.25, 0.3) is 0 Å². The number of thioether (sulfide) groups is 1. The van der Waals surface area contributed by atoms with Crippen LogP contribution in [0.5, 0.6) is 0 Å². The summed E-state index contributed by atoms with van der Waals surface area (Å²) in [5, 5.41) is 15.0. The highest BCUT2D eigenvalue weighted by Crippen LogP contribution is 2.40. The van der Waals surface area contributed by atoms with Crippen molar-refractivity contribution in [2.24, 2.45) is 5.73 Å². The number of amides is 2. The number of fused-ring (bicyclic) bond motifs is 1. The van der Waals surface area contributed by atoms with E-state index < -0.39 is 35.9 Å². The molecule has 0 aliphatic carbocycles. The molecule has 1 saturated heterocycles. The van der Waals surface area contributed by atoms with Gasteiger partial charge in [0.1, 0.15) is 30.4 Å². The molecule has 202 valence electrons. The van der Waals surface area contributed by atoms with Gasteiger partial charge in [0.05, 0.1) is 6.42 Å². The third-order valence-electron chi connectivity index (χ3n) is 6.19. The fourth-order valence-corrected chi connectivity index (χ4v) is 5.53. The van der Waals surface area contributed by atoms with Crippen molar-refractivity contribution in [1.82, 2.24) is 15.5 Å². The number of unbranched alkanes of at least 4 members (excludes halogenated alkanes) is 1. The van der Waals surface area contributed by atoms with E-state index in [0.717, 1.165) is 35.3 Å². The lowest BCUT2D eigenvalue weighted by molar-refractivity contribution is -0.151. The maximum atomic E-state index is 13.2. The van der Waals surface area contributed by atoms with Gasteiger partial charge in [-0.15, -0.1) is 11.8 Å². The maximum absolute atomic E-state index is 13.2. The summed E-state index contributed by atoms with van der Waals surface area (Å²) in [7, 11) is 0. The number of hydrogen-bond donors (Lipinski definition) is 4. The van der Waals surface area contributed by atoms with Crippen molar-refractivity contribution in [3.8, 4) is 0 Å². The largest absolute Gasteiger partial charge is 0.477 e. The van der Waals surface area contributed by atoms with Crippen LogP contribution in [0, 0.1) is 0 Å². The van der Waals surface area contributed by atoms with Gasteiger partial charge in [-0.05, 0) is 30.5 Å². The molecule has 12 heteroatoms. The Labute approximate surface area is 219 Å². The van der Waals surface area contributed by atoms with E-state index in [9.17, 15) is 28.7 Å². The summed E-state index contributed by atoms with van der Waals surface area (Å²) in [5.74, 6) is -2.43. The minimum absolute atomic E-state index is 0.0559. The van der Waals surface area contributed by atoms with Crippen molar-refractivity contribution in [1.29, 1.82) is 0 Å². The molecule has 5 N–H and O–H groups in total. The first-order valence-corrected chi connectivity index (χ1v) is 13.2. The van der Waals surface area contributed by atoms with E-state index in [2.05, 4.69) is 10.6 Å². The number of hydrogen-bond acceptors (Lipinski definition) is 8. The average molecular weight is 537 g/mol. The van der Waals surface area contributed by atoms with Gasteiger partial charge < -0.3 is 26.2 Å². The van der Waals surface area contributed by atoms with Crippen LogP contribution in [-0.2, 0) is 36.9 Å². The number of benzene rings is 1. The molecular formula is C25H33FN4O6S. The molecule has 2 aliphatic heterocycles. The lowest BCUT2D eigenvalue weighted by Gasteiger charge is -2.49. The standard InChI is InChI=1S/C25H33FN4O6S/c1-15(31)36-13-18-14-37-24-21(23(33)30(24)22(18)25(34)35)29-20(32)10-16-5-7-17(8-6-16)12-28-19(11-26)4-2-3-9-27/h5-8,19,21,24,28H,2-4,9-14,27H2,1H3,(H,29,32)(H,34,35). The highest BCUT2D eigenvalue weighted by Gasteiger charge is 2.54. The van der Waals surface area contributed by atoms with Gasteiger partial charge in [0, 0.05) is 30.8 Å². The Balaban J connectivity index is 1.51. The van der Waals surface area contributed by atoms with Crippen LogP contribution in [-0.4, -0.2) is 76.8 Å². The van der Waals surface area contributed by atoms with Crippen LogP contribution in [0.4, 0.5) is 4.39 Å². The number of β-lactam (4-membered cyclic amide) rings is 1. The van der Waals surface area contributed by atoms with Gasteiger partial charge in [-0.2, -0.15) is 0 Å². The molecule has 1 aromatic rings. The summed E-state index contributed by atoms with van der Waals surface area (Å²) in [6.45, 7) is 1.68. The smallest absolute Gasteiger partial charge is 0.352 e. The summed E-state index contributed by atoms with van der Waals surface area (Å²) < 4.78 is 18.1. The second-order valence-corrected chi connectivity index (χ2v) is 10.1. The lowest BCUT2D eigenvalue weighted by Crippen LogP contribution is -2.70. The molecule has 0 spiro atoms. The molecule has 2 aliphatic rings. The summed E-state index contributed by atoms with van der Waals surface area (Å²) in [6.07, 6.45) is 2.52. The van der Waals surface area contributed by atoms with Gasteiger partial charge in [-0.3, -0.25) is 19.3 Å². The molecule has 10 nitrogen and oxygen atoms in total. The Morgan fingerprint density at radius 2 is 1.95 bits per heavy atom. The van der Waals surface area contributed by atoms with Crippen LogP contribution in [0.3, 0.4) is 0 Å². The lowest BCUT2D eigenvalue weighted by atomic mass is 10.0. The van der Waals surface area contributed by atoms with Crippen molar-refractivity contribution >= 4 is 35.5 Å². The number of carboxylic acid groups (broad SMARTS) is 1. The molecule has 0 bridgehead atoms. The van der Waals surface area contributed by atoms with E-state index in [0.29, 0.717) is 18.7 Å². The number of nitrogens with two attached hydrogens (primary N) is 1. The molecule has 0 radical (unpaired) electrons. The van der Waals surface area contributed by atoms with Crippen LogP contribution in [0.1, 0.15) is 37.3 Å². The molecular weight excluding hydrogens is 503 g/mol. The minimum atomic E-state index is -1.28. The zero-order valence-electron chi connectivity index (χ0n) is 20.7. The topological polar surface area (TPSA) is 151 Å². The Morgan fingerprint density at radius 1 is 1.24 bits per heavy atom. The number of ether oxygens (including phenoxy) is 1. The number of halogens is 1. The Kier molecular flexibility index (Phi) is 10.5. The number of nitrogens with zero attached hydrogens (tertiary/aromatic N) is 1. The van der Waals surface area contributed by atoms with Gasteiger partial charge in [-0.25, -0.2) is 9.18 Å². The molecule has 37 heavy (non-hydrogen) atoms. The summed E-state index contributed by atoms with van der Waals surface area (Å²) in [6, 6.07) is 6.31. The molecule has 0 saturated carbocycles. The quantitative estimate of drug-likeness (QED) is 0.156. The SMILES string of the molecule is CC(=O)OCC1=C(C(=O)O)N2C(=O)C(NC(=O)Cc3ccc(CNC(CF)CCCCN)cc3)C2SC1. The second kappa shape index (κ2) is 13.5. The van der Waals surface area contributed by atoms with Crippen molar-refractivity contribution in [2.75, 3.05) is 25.6 Å². The fraction of sp³-hybridized carbons (Fsp3) is 0.520. The van der Waals surface area contributed by atoms with E-state index in [1.165, 1.54) is 18.7 Å². The Morgan fingerprint density at radius 3 is 2.57 bits per heavy atom. The van der Waals surface area contributed by atoms with Crippen LogP contribution in [0.15, 0.2) is 35.5 Å². The highest BCUT2D eigenvalue weighted by molar-refractivity contribution is 8.00. The summed E-state index contributed by atoms with van der Waals surface area (Å²) >= 11 is 1.31. The number of carboxylic acids is 1. The zero-order chi connectivity index (χ0) is 26.9. The van der Waals surface area contributed by atoms with E-state index in [1.807, 2.05) is 24.3 Å². The third-order valence-corrected chi connectivity index (χ3v) is 7.53. The van der Waals surface area contributed by atoms with E-state index in [-0.39, 0.29) is 36.4 Å². The van der Waals surface area contributed by atoms with Crippen molar-refractivity contribution in [2.45, 2.75) is 56.6 Å². The number of rotatable bonds is 14. The first kappa shape index (κ1) is 28.6. The zero-order valence-corrected chi connectivity index (χ0v) is 21.5. The van der Waals surface area contributed by atoms with Crippen LogP contribution in [0.2, 0.25) is 0 Å². The van der Waals surface area contributed by atoms with Gasteiger partial charge in [0.15, 0.2) is 0 Å². The molecule has 2 heterocycles. The maximum Gasteiger partial charge on any atom is 0.352 e. The molecule has 2 amide bonds. The minimum Gasteiger partial charge on any atom is -0.477 e. The molecule has 3 unspecified atom stereocenters. The second-order valence-electron chi connectivity index (χ2n) is 9.00. The third kappa shape index (κ3) is 7.53. The van der Waals surface area contributed by atoms with Crippen LogP contribution >= 0.6 is 11.8 Å². The number of carbonyl (C=O) groups excluding carboxylic acids is 3. The molecule has 1 fully saturated rings. The van der Waals surface area contributed by atoms with Crippen molar-refractivity contribution < 1.29 is 33.4 Å². The predicted octanol–water partition coefficient (Wildman–Crippen LogP) is 1.09. The fourth-order valence-electron chi connectivity index (χ4n) is 4.20. The molecule has 3 rings (SSSR count). The first-order chi connectivity index (χ1) is 17.7. The normalized spacial score (nSPS) is 19.6. The van der Waals surface area contributed by atoms with Gasteiger partial charge in [-0.1, -0.05) is 30.7 Å². The Hall–Kier alpha value is -2.96. The van der Waals surface area contributed by atoms with Gasteiger partial charge in [0.25, 0.3) is 5.91 Å². The van der Waals surface area contributed by atoms with Crippen molar-refractivity contribution in [3.05, 3.63) is 46.7 Å². The first-order valence-electron chi connectivity index (χ1n) is 12.1. The van der Waals surface area contributed by atoms with E-state index in [1.54, 1.807) is 0 Å². The average Bonchev–Trinajstić information content (AvgIpc) is 2.88. The molecule has 1 aromatic carbocycles. The number of carbonyl (C=O) groups is 4. The number of aliphatic carboxylic acids is 1.